The van der Waals surface area contributed by atoms with Crippen LogP contribution in [0.3, 0.4) is 0 Å². The van der Waals surface area contributed by atoms with Crippen molar-refractivity contribution < 1.29 is 9.90 Å². The summed E-state index contributed by atoms with van der Waals surface area (Å²) >= 11 is 0. The molecule has 0 saturated carbocycles. The van der Waals surface area contributed by atoms with Crippen LogP contribution < -0.4 is 0 Å². The van der Waals surface area contributed by atoms with Gasteiger partial charge in [0, 0.05) is 30.6 Å². The molecule has 1 heterocycles. The lowest BCUT2D eigenvalue weighted by molar-refractivity contribution is 0.0697. The highest BCUT2D eigenvalue weighted by Crippen LogP contribution is 2.19. The van der Waals surface area contributed by atoms with E-state index < -0.39 is 0 Å². The van der Waals surface area contributed by atoms with Gasteiger partial charge in [0.2, 0.25) is 0 Å². The highest BCUT2D eigenvalue weighted by Gasteiger charge is 2.21. The van der Waals surface area contributed by atoms with Gasteiger partial charge in [-0.3, -0.25) is 4.79 Å². The lowest BCUT2D eigenvalue weighted by Crippen LogP contribution is -2.37. The first-order valence-electron chi connectivity index (χ1n) is 7.61. The first kappa shape index (κ1) is 15.6. The zero-order valence-corrected chi connectivity index (χ0v) is 12.9. The van der Waals surface area contributed by atoms with Crippen LogP contribution >= 0.6 is 0 Å². The predicted molar refractivity (Wildman–Crippen MR) is 84.1 cm³/mol. The molecule has 0 unspecified atom stereocenters. The van der Waals surface area contributed by atoms with Crippen molar-refractivity contribution in [3.8, 4) is 11.8 Å². The van der Waals surface area contributed by atoms with Crippen molar-refractivity contribution >= 4 is 5.91 Å². The van der Waals surface area contributed by atoms with Gasteiger partial charge >= 0.3 is 0 Å². The van der Waals surface area contributed by atoms with Gasteiger partial charge in [-0.25, -0.2) is 0 Å². The summed E-state index contributed by atoms with van der Waals surface area (Å²) in [5, 5.41) is 8.74. The second-order valence-electron chi connectivity index (χ2n) is 5.78. The molecule has 0 bridgehead atoms. The van der Waals surface area contributed by atoms with E-state index in [-0.39, 0.29) is 12.5 Å². The van der Waals surface area contributed by atoms with Crippen LogP contribution in [0.5, 0.6) is 0 Å². The molecule has 1 amide bonds. The largest absolute Gasteiger partial charge is 0.395 e. The zero-order valence-electron chi connectivity index (χ0n) is 12.9. The molecule has 3 heteroatoms. The lowest BCUT2D eigenvalue weighted by Gasteiger charge is -2.30. The molecule has 2 rings (SSSR count). The molecule has 112 valence electrons. The number of hydrogen-bond acceptors (Lipinski definition) is 2. The van der Waals surface area contributed by atoms with Gasteiger partial charge in [0.15, 0.2) is 0 Å². The van der Waals surface area contributed by atoms with Gasteiger partial charge in [0.05, 0.1) is 6.61 Å². The number of amides is 1. The van der Waals surface area contributed by atoms with Crippen LogP contribution in [0.1, 0.15) is 47.7 Å². The van der Waals surface area contributed by atoms with Gasteiger partial charge in [0.25, 0.3) is 5.91 Å². The van der Waals surface area contributed by atoms with E-state index in [4.69, 9.17) is 5.11 Å². The summed E-state index contributed by atoms with van der Waals surface area (Å²) in [6, 6.07) is 5.68. The van der Waals surface area contributed by atoms with Crippen molar-refractivity contribution in [2.75, 3.05) is 19.7 Å². The van der Waals surface area contributed by atoms with E-state index >= 15 is 0 Å². The quantitative estimate of drug-likeness (QED) is 0.849. The number of hydrogen-bond donors (Lipinski definition) is 1. The molecule has 0 aromatic heterocycles. The third-order valence-corrected chi connectivity index (χ3v) is 4.00. The Bertz CT molecular complexity index is 560. The van der Waals surface area contributed by atoms with Crippen molar-refractivity contribution in [1.82, 2.24) is 4.90 Å². The summed E-state index contributed by atoms with van der Waals surface area (Å²) in [6.45, 7) is 6.01. The van der Waals surface area contributed by atoms with Crippen LogP contribution in [-0.4, -0.2) is 35.6 Å². The number of carbonyl (C=O) groups is 1. The minimum absolute atomic E-state index is 0.0794. The van der Waals surface area contributed by atoms with Crippen molar-refractivity contribution in [2.24, 2.45) is 5.92 Å². The van der Waals surface area contributed by atoms with Crippen LogP contribution in [0.25, 0.3) is 0 Å². The average molecular weight is 285 g/mol. The van der Waals surface area contributed by atoms with Crippen LogP contribution in [0.15, 0.2) is 18.2 Å². The van der Waals surface area contributed by atoms with E-state index in [2.05, 4.69) is 18.8 Å². The van der Waals surface area contributed by atoms with E-state index in [0.29, 0.717) is 6.42 Å². The molecule has 1 aliphatic rings. The fourth-order valence-corrected chi connectivity index (χ4v) is 2.54. The Labute approximate surface area is 127 Å². The fraction of sp³-hybridized carbons (Fsp3) is 0.500. The van der Waals surface area contributed by atoms with Gasteiger partial charge in [-0.05, 0) is 49.4 Å². The first-order valence-corrected chi connectivity index (χ1v) is 7.61. The summed E-state index contributed by atoms with van der Waals surface area (Å²) in [5.74, 6) is 6.79. The van der Waals surface area contributed by atoms with E-state index in [1.807, 2.05) is 30.0 Å². The highest BCUT2D eigenvalue weighted by atomic mass is 16.2. The summed E-state index contributed by atoms with van der Waals surface area (Å²) in [5.41, 5.74) is 2.68. The molecule has 21 heavy (non-hydrogen) atoms. The number of likely N-dealkylation sites (tertiary alicyclic amines) is 1. The standard InChI is InChI=1S/C18H23NO2/c1-14-8-10-19(11-9-14)18(21)17-7-6-16(15(2)13-17)5-3-4-12-20/h6-7,13-14,20H,4,8-12H2,1-2H3. The van der Waals surface area contributed by atoms with Gasteiger partial charge in [-0.15, -0.1) is 0 Å². The number of aliphatic hydroxyl groups is 1. The minimum atomic E-state index is 0.0794. The lowest BCUT2D eigenvalue weighted by atomic mass is 9.98. The van der Waals surface area contributed by atoms with Crippen LogP contribution in [0, 0.1) is 24.7 Å². The second kappa shape index (κ2) is 7.28. The molecule has 1 aromatic carbocycles. The van der Waals surface area contributed by atoms with Gasteiger partial charge in [-0.1, -0.05) is 18.8 Å². The molecule has 1 saturated heterocycles. The Morgan fingerprint density at radius 3 is 2.71 bits per heavy atom. The first-order chi connectivity index (χ1) is 10.1. The van der Waals surface area contributed by atoms with E-state index in [0.717, 1.165) is 48.5 Å². The average Bonchev–Trinajstić information content (AvgIpc) is 2.49. The Hall–Kier alpha value is -1.79. The maximum atomic E-state index is 12.5. The highest BCUT2D eigenvalue weighted by molar-refractivity contribution is 5.94. The van der Waals surface area contributed by atoms with Gasteiger partial charge < -0.3 is 10.0 Å². The summed E-state index contributed by atoms with van der Waals surface area (Å²) in [4.78, 5) is 14.4. The molecule has 0 aliphatic carbocycles. The maximum absolute atomic E-state index is 12.5. The maximum Gasteiger partial charge on any atom is 0.253 e. The number of carbonyl (C=O) groups excluding carboxylic acids is 1. The van der Waals surface area contributed by atoms with Crippen LogP contribution in [-0.2, 0) is 0 Å². The number of piperidine rings is 1. The SMILES string of the molecule is Cc1cc(C(=O)N2CCC(C)CC2)ccc1C#CCCO. The Balaban J connectivity index is 2.09. The number of benzene rings is 1. The smallest absolute Gasteiger partial charge is 0.253 e. The molecule has 0 radical (unpaired) electrons. The topological polar surface area (TPSA) is 40.5 Å². The molecule has 3 nitrogen and oxygen atoms in total. The molecule has 0 atom stereocenters. The Morgan fingerprint density at radius 1 is 1.38 bits per heavy atom. The van der Waals surface area contributed by atoms with Crippen LogP contribution in [0.4, 0.5) is 0 Å². The summed E-state index contributed by atoms with van der Waals surface area (Å²) in [7, 11) is 0. The van der Waals surface area contributed by atoms with Crippen LogP contribution in [0.2, 0.25) is 0 Å². The second-order valence-corrected chi connectivity index (χ2v) is 5.78. The molecule has 1 fully saturated rings. The molecule has 1 aliphatic heterocycles. The molecular weight excluding hydrogens is 262 g/mol. The number of rotatable bonds is 2. The van der Waals surface area contributed by atoms with Crippen molar-refractivity contribution in [1.29, 1.82) is 0 Å². The monoisotopic (exact) mass is 285 g/mol. The molecule has 0 spiro atoms. The molecule has 1 N–H and O–H groups in total. The number of aliphatic hydroxyl groups excluding tert-OH is 1. The van der Waals surface area contributed by atoms with E-state index in [9.17, 15) is 4.79 Å². The number of aryl methyl sites for hydroxylation is 1. The normalized spacial score (nSPS) is 15.5. The third kappa shape index (κ3) is 4.09. The van der Waals surface area contributed by atoms with Crippen molar-refractivity contribution in [3.05, 3.63) is 34.9 Å². The number of nitrogens with zero attached hydrogens (tertiary/aromatic N) is 1. The third-order valence-electron chi connectivity index (χ3n) is 4.00. The summed E-state index contributed by atoms with van der Waals surface area (Å²) in [6.07, 6.45) is 2.66. The summed E-state index contributed by atoms with van der Waals surface area (Å²) < 4.78 is 0. The van der Waals surface area contributed by atoms with Gasteiger partial charge in [0.1, 0.15) is 0 Å². The Kier molecular flexibility index (Phi) is 5.41. The predicted octanol–water partition coefficient (Wildman–Crippen LogP) is 2.60. The Morgan fingerprint density at radius 2 is 2.10 bits per heavy atom. The van der Waals surface area contributed by atoms with Crippen molar-refractivity contribution in [3.63, 3.8) is 0 Å². The van der Waals surface area contributed by atoms with E-state index in [1.165, 1.54) is 0 Å². The zero-order chi connectivity index (χ0) is 15.2. The molecular formula is C18H23NO2. The fourth-order valence-electron chi connectivity index (χ4n) is 2.54. The molecule has 1 aromatic rings. The van der Waals surface area contributed by atoms with E-state index in [1.54, 1.807) is 0 Å². The van der Waals surface area contributed by atoms with Gasteiger partial charge in [-0.2, -0.15) is 0 Å². The van der Waals surface area contributed by atoms with Crippen molar-refractivity contribution in [2.45, 2.75) is 33.1 Å². The minimum Gasteiger partial charge on any atom is -0.395 e.